The average Bonchev–Trinajstić information content (AvgIpc) is 2.36. The summed E-state index contributed by atoms with van der Waals surface area (Å²) >= 11 is 0. The second-order valence-corrected chi connectivity index (χ2v) is 5.89. The summed E-state index contributed by atoms with van der Waals surface area (Å²) in [7, 11) is -4.94. The number of Topliss-reactive ketones (excluding diaryl/α,β-unsaturated/α-hetero) is 1. The minimum Gasteiger partial charge on any atom is -0.295 e. The number of ketones is 1. The highest BCUT2D eigenvalue weighted by molar-refractivity contribution is 5.94. The fraction of sp³-hybridized carbons (Fsp3) is 0.250. The highest BCUT2D eigenvalue weighted by Crippen LogP contribution is 2.09. The highest BCUT2D eigenvalue weighted by Gasteiger charge is 2.14. The molecule has 2 aromatic rings. The summed E-state index contributed by atoms with van der Waals surface area (Å²) in [5, 5.41) is 0. The Morgan fingerprint density at radius 2 is 1.30 bits per heavy atom. The standard InChI is InChI=1S/C16H18NO.ClHO4/c1-11-9-12(2)17(13(3)10-11)16-7-5-15(6-8-16)14(4)18;2-1(3,4)5/h5-10H,1-4H3;(H,2,3,4,5)/q+1;/p-1. The van der Waals surface area contributed by atoms with E-state index in [0.29, 0.717) is 0 Å². The number of carbonyl (C=O) groups is 1. The number of aromatic nitrogens is 1. The van der Waals surface area contributed by atoms with Gasteiger partial charge in [-0.05, 0) is 31.5 Å². The molecule has 0 radical (unpaired) electrons. The van der Waals surface area contributed by atoms with Crippen LogP contribution in [-0.2, 0) is 0 Å². The lowest BCUT2D eigenvalue weighted by atomic mass is 10.1. The van der Waals surface area contributed by atoms with Gasteiger partial charge in [-0.2, -0.15) is 4.57 Å². The third-order valence-corrected chi connectivity index (χ3v) is 3.11. The second kappa shape index (κ2) is 7.63. The Morgan fingerprint density at radius 3 is 1.65 bits per heavy atom. The number of halogens is 1. The minimum absolute atomic E-state index is 0.101. The molecule has 0 bridgehead atoms. The number of benzene rings is 1. The first-order chi connectivity index (χ1) is 10.5. The zero-order valence-corrected chi connectivity index (χ0v) is 14.1. The quantitative estimate of drug-likeness (QED) is 0.480. The fourth-order valence-corrected chi connectivity index (χ4v) is 2.36. The van der Waals surface area contributed by atoms with Crippen LogP contribution in [0.4, 0.5) is 0 Å². The van der Waals surface area contributed by atoms with Crippen LogP contribution in [0.2, 0.25) is 0 Å². The van der Waals surface area contributed by atoms with Gasteiger partial charge in [-0.3, -0.25) is 4.79 Å². The van der Waals surface area contributed by atoms with Crippen LogP contribution in [0.3, 0.4) is 0 Å². The molecule has 23 heavy (non-hydrogen) atoms. The topological polar surface area (TPSA) is 113 Å². The Kier molecular flexibility index (Phi) is 6.37. The molecule has 1 aromatic carbocycles. The molecule has 1 heterocycles. The van der Waals surface area contributed by atoms with Gasteiger partial charge in [0.15, 0.2) is 17.2 Å². The van der Waals surface area contributed by atoms with E-state index < -0.39 is 10.2 Å². The van der Waals surface area contributed by atoms with Gasteiger partial charge in [0.1, 0.15) is 0 Å². The maximum Gasteiger partial charge on any atom is 0.211 e. The molecule has 0 aliphatic rings. The predicted octanol–water partition coefficient (Wildman–Crippen LogP) is -1.66. The average molecular weight is 340 g/mol. The summed E-state index contributed by atoms with van der Waals surface area (Å²) in [6, 6.07) is 12.1. The fourth-order valence-electron chi connectivity index (χ4n) is 2.36. The Labute approximate surface area is 137 Å². The molecule has 1 aromatic heterocycles. The van der Waals surface area contributed by atoms with E-state index in [4.69, 9.17) is 18.6 Å². The van der Waals surface area contributed by atoms with Gasteiger partial charge >= 0.3 is 0 Å². The summed E-state index contributed by atoms with van der Waals surface area (Å²) in [5.74, 6) is 0.101. The first kappa shape index (κ1) is 19.2. The molecular formula is C16H18ClNO5. The molecule has 0 amide bonds. The summed E-state index contributed by atoms with van der Waals surface area (Å²) < 4.78 is 36.2. The molecule has 0 atom stereocenters. The molecule has 0 saturated carbocycles. The van der Waals surface area contributed by atoms with Gasteiger partial charge in [-0.15, -0.1) is 10.2 Å². The van der Waals surface area contributed by atoms with Crippen molar-refractivity contribution in [3.63, 3.8) is 0 Å². The molecule has 7 heteroatoms. The summed E-state index contributed by atoms with van der Waals surface area (Å²) in [4.78, 5) is 11.3. The van der Waals surface area contributed by atoms with Crippen molar-refractivity contribution in [2.75, 3.05) is 0 Å². The normalized spacial score (nSPS) is 10.8. The lowest BCUT2D eigenvalue weighted by Gasteiger charge is -2.17. The van der Waals surface area contributed by atoms with Crippen LogP contribution < -0.4 is 23.2 Å². The molecule has 6 nitrogen and oxygen atoms in total. The van der Waals surface area contributed by atoms with Gasteiger partial charge in [0.2, 0.25) is 5.69 Å². The predicted molar refractivity (Wildman–Crippen MR) is 72.2 cm³/mol. The largest absolute Gasteiger partial charge is 0.295 e. The van der Waals surface area contributed by atoms with Crippen molar-refractivity contribution >= 4 is 5.78 Å². The Bertz CT molecular complexity index is 664. The zero-order chi connectivity index (χ0) is 17.8. The van der Waals surface area contributed by atoms with E-state index in [9.17, 15) is 4.79 Å². The van der Waals surface area contributed by atoms with Crippen molar-refractivity contribution in [2.45, 2.75) is 27.7 Å². The highest BCUT2D eigenvalue weighted by atomic mass is 35.7. The van der Waals surface area contributed by atoms with Crippen molar-refractivity contribution in [2.24, 2.45) is 0 Å². The number of hydrogen-bond donors (Lipinski definition) is 0. The van der Waals surface area contributed by atoms with Gasteiger partial charge in [0, 0.05) is 43.7 Å². The van der Waals surface area contributed by atoms with Gasteiger partial charge in [0.05, 0.1) is 0 Å². The third-order valence-electron chi connectivity index (χ3n) is 3.11. The number of nitrogens with zero attached hydrogens (tertiary/aromatic N) is 1. The first-order valence-electron chi connectivity index (χ1n) is 6.72. The van der Waals surface area contributed by atoms with Crippen LogP contribution in [-0.4, -0.2) is 5.78 Å². The van der Waals surface area contributed by atoms with E-state index in [1.54, 1.807) is 6.92 Å². The van der Waals surface area contributed by atoms with Crippen molar-refractivity contribution in [3.05, 3.63) is 58.9 Å². The van der Waals surface area contributed by atoms with Crippen LogP contribution in [0.25, 0.3) is 5.69 Å². The van der Waals surface area contributed by atoms with Gasteiger partial charge < -0.3 is 0 Å². The molecule has 124 valence electrons. The molecule has 0 fully saturated rings. The molecule has 0 unspecified atom stereocenters. The second-order valence-electron chi connectivity index (χ2n) is 5.13. The third kappa shape index (κ3) is 6.43. The maximum absolute atomic E-state index is 11.3. The summed E-state index contributed by atoms with van der Waals surface area (Å²) in [5.41, 5.74) is 5.50. The van der Waals surface area contributed by atoms with E-state index in [1.807, 2.05) is 24.3 Å². The molecule has 0 aliphatic carbocycles. The van der Waals surface area contributed by atoms with Gasteiger partial charge in [0.25, 0.3) is 0 Å². The van der Waals surface area contributed by atoms with Crippen molar-refractivity contribution < 1.29 is 38.2 Å². The lowest BCUT2D eigenvalue weighted by molar-refractivity contribution is -2.00. The SMILES string of the molecule is CC(=O)c1ccc(-[n+]2c(C)cc(C)cc2C)cc1.[O-][Cl+3]([O-])([O-])[O-]. The van der Waals surface area contributed by atoms with Crippen LogP contribution in [0.15, 0.2) is 36.4 Å². The molecular weight excluding hydrogens is 322 g/mol. The number of hydrogen-bond acceptors (Lipinski definition) is 5. The van der Waals surface area contributed by atoms with Crippen molar-refractivity contribution in [1.82, 2.24) is 0 Å². The van der Waals surface area contributed by atoms with Crippen molar-refractivity contribution in [1.29, 1.82) is 0 Å². The van der Waals surface area contributed by atoms with Gasteiger partial charge in [-0.1, -0.05) is 0 Å². The number of aryl methyl sites for hydroxylation is 3. The maximum atomic E-state index is 11.3. The van der Waals surface area contributed by atoms with E-state index in [-0.39, 0.29) is 5.78 Å². The van der Waals surface area contributed by atoms with E-state index >= 15 is 0 Å². The summed E-state index contributed by atoms with van der Waals surface area (Å²) in [6.07, 6.45) is 0. The molecule has 2 rings (SSSR count). The molecule has 0 spiro atoms. The number of rotatable bonds is 2. The molecule has 0 saturated heterocycles. The van der Waals surface area contributed by atoms with Crippen molar-refractivity contribution in [3.8, 4) is 5.69 Å². The monoisotopic (exact) mass is 339 g/mol. The summed E-state index contributed by atoms with van der Waals surface area (Å²) in [6.45, 7) is 7.88. The van der Waals surface area contributed by atoms with Crippen LogP contribution >= 0.6 is 0 Å². The van der Waals surface area contributed by atoms with Gasteiger partial charge in [-0.25, -0.2) is 18.6 Å². The molecule has 0 aliphatic heterocycles. The Balaban J connectivity index is 0.000000463. The van der Waals surface area contributed by atoms with Crippen LogP contribution in [0.1, 0.15) is 34.2 Å². The van der Waals surface area contributed by atoms with E-state index in [1.165, 1.54) is 17.0 Å². The Morgan fingerprint density at radius 1 is 0.913 bits per heavy atom. The van der Waals surface area contributed by atoms with E-state index in [2.05, 4.69) is 37.5 Å². The number of carbonyl (C=O) groups excluding carboxylic acids is 1. The number of pyridine rings is 1. The Hall–Kier alpha value is -1.83. The van der Waals surface area contributed by atoms with E-state index in [0.717, 1.165) is 11.3 Å². The first-order valence-corrected chi connectivity index (χ1v) is 7.95. The molecule has 0 N–H and O–H groups in total. The smallest absolute Gasteiger partial charge is 0.211 e. The minimum atomic E-state index is -4.94. The van der Waals surface area contributed by atoms with Crippen LogP contribution in [0.5, 0.6) is 0 Å². The van der Waals surface area contributed by atoms with Crippen LogP contribution in [0, 0.1) is 31.0 Å². The zero-order valence-electron chi connectivity index (χ0n) is 13.3. The lowest BCUT2D eigenvalue weighted by Crippen LogP contribution is -2.68.